The second-order valence-electron chi connectivity index (χ2n) is 3.96. The van der Waals surface area contributed by atoms with E-state index in [2.05, 4.69) is 11.9 Å². The maximum atomic E-state index is 12.0. The van der Waals surface area contributed by atoms with Crippen molar-refractivity contribution in [2.75, 3.05) is 33.2 Å². The summed E-state index contributed by atoms with van der Waals surface area (Å²) < 4.78 is 4.92. The number of amides is 1. The lowest BCUT2D eigenvalue weighted by Crippen LogP contribution is -2.34. The minimum atomic E-state index is 0.0825. The number of hydrogen-bond donors (Lipinski definition) is 0. The first-order valence-corrected chi connectivity index (χ1v) is 5.27. The van der Waals surface area contributed by atoms with Crippen LogP contribution in [0.2, 0.25) is 0 Å². The molecule has 0 radical (unpaired) electrons. The molecule has 0 N–H and O–H groups in total. The zero-order valence-electron chi connectivity index (χ0n) is 8.98. The molecule has 82 valence electrons. The number of likely N-dealkylation sites (N-methyl/N-ethyl adjacent to an activating group) is 1. The molecule has 0 atom stereocenters. The normalized spacial score (nSPS) is 18.9. The Bertz CT molecular complexity index is 321. The molecule has 4 heteroatoms. The summed E-state index contributed by atoms with van der Waals surface area (Å²) in [5, 5.41) is 0. The molecule has 0 bridgehead atoms. The van der Waals surface area contributed by atoms with Gasteiger partial charge in [-0.15, -0.1) is 0 Å². The SMILES string of the molecule is CN1CCCN(C(=O)c2ccoc2)CC1. The molecule has 1 aromatic heterocycles. The number of carbonyl (C=O) groups is 1. The number of rotatable bonds is 1. The van der Waals surface area contributed by atoms with E-state index in [-0.39, 0.29) is 5.91 Å². The summed E-state index contributed by atoms with van der Waals surface area (Å²) in [5.41, 5.74) is 0.652. The van der Waals surface area contributed by atoms with Crippen LogP contribution in [-0.4, -0.2) is 48.9 Å². The van der Waals surface area contributed by atoms with Crippen molar-refractivity contribution in [3.05, 3.63) is 24.2 Å². The Labute approximate surface area is 89.5 Å². The fraction of sp³-hybridized carbons (Fsp3) is 0.545. The molecule has 1 saturated heterocycles. The molecule has 1 aliphatic heterocycles. The molecule has 2 rings (SSSR count). The third kappa shape index (κ3) is 2.39. The highest BCUT2D eigenvalue weighted by Gasteiger charge is 2.19. The lowest BCUT2D eigenvalue weighted by atomic mass is 10.3. The monoisotopic (exact) mass is 208 g/mol. The van der Waals surface area contributed by atoms with Crippen molar-refractivity contribution in [1.29, 1.82) is 0 Å². The van der Waals surface area contributed by atoms with Gasteiger partial charge in [0.05, 0.1) is 11.8 Å². The molecule has 15 heavy (non-hydrogen) atoms. The van der Waals surface area contributed by atoms with E-state index in [1.165, 1.54) is 12.5 Å². The van der Waals surface area contributed by atoms with Gasteiger partial charge in [-0.2, -0.15) is 0 Å². The van der Waals surface area contributed by atoms with Crippen molar-refractivity contribution in [2.24, 2.45) is 0 Å². The van der Waals surface area contributed by atoms with Crippen molar-refractivity contribution in [3.63, 3.8) is 0 Å². The molecule has 0 saturated carbocycles. The Morgan fingerprint density at radius 2 is 2.20 bits per heavy atom. The van der Waals surface area contributed by atoms with Crippen molar-refractivity contribution in [1.82, 2.24) is 9.80 Å². The standard InChI is InChI=1S/C11H16N2O2/c1-12-4-2-5-13(7-6-12)11(14)10-3-8-15-9-10/h3,8-9H,2,4-7H2,1H3. The van der Waals surface area contributed by atoms with Gasteiger partial charge in [-0.05, 0) is 26.1 Å². The van der Waals surface area contributed by atoms with E-state index in [1.54, 1.807) is 6.07 Å². The van der Waals surface area contributed by atoms with Crippen LogP contribution in [0.1, 0.15) is 16.8 Å². The second kappa shape index (κ2) is 4.49. The Kier molecular flexibility index (Phi) is 3.06. The molecular weight excluding hydrogens is 192 g/mol. The van der Waals surface area contributed by atoms with E-state index in [1.807, 2.05) is 4.90 Å². The van der Waals surface area contributed by atoms with Crippen LogP contribution in [0.4, 0.5) is 0 Å². The van der Waals surface area contributed by atoms with Crippen LogP contribution in [0.25, 0.3) is 0 Å². The number of hydrogen-bond acceptors (Lipinski definition) is 3. The van der Waals surface area contributed by atoms with Gasteiger partial charge in [-0.1, -0.05) is 0 Å². The summed E-state index contributed by atoms with van der Waals surface area (Å²) in [6, 6.07) is 1.72. The lowest BCUT2D eigenvalue weighted by molar-refractivity contribution is 0.0762. The van der Waals surface area contributed by atoms with E-state index in [9.17, 15) is 4.79 Å². The minimum Gasteiger partial charge on any atom is -0.472 e. The van der Waals surface area contributed by atoms with Crippen molar-refractivity contribution < 1.29 is 9.21 Å². The molecular formula is C11H16N2O2. The minimum absolute atomic E-state index is 0.0825. The zero-order valence-corrected chi connectivity index (χ0v) is 8.98. The van der Waals surface area contributed by atoms with Gasteiger partial charge in [0.25, 0.3) is 5.91 Å². The summed E-state index contributed by atoms with van der Waals surface area (Å²) in [5.74, 6) is 0.0825. The first-order chi connectivity index (χ1) is 7.27. The summed E-state index contributed by atoms with van der Waals surface area (Å²) in [7, 11) is 2.09. The van der Waals surface area contributed by atoms with Gasteiger partial charge in [-0.3, -0.25) is 4.79 Å². The summed E-state index contributed by atoms with van der Waals surface area (Å²) >= 11 is 0. The Morgan fingerprint density at radius 1 is 1.33 bits per heavy atom. The lowest BCUT2D eigenvalue weighted by Gasteiger charge is -2.19. The molecule has 2 heterocycles. The van der Waals surface area contributed by atoms with E-state index < -0.39 is 0 Å². The predicted octanol–water partition coefficient (Wildman–Crippen LogP) is 1.06. The Morgan fingerprint density at radius 3 is 2.93 bits per heavy atom. The average molecular weight is 208 g/mol. The fourth-order valence-electron chi connectivity index (χ4n) is 1.82. The highest BCUT2D eigenvalue weighted by atomic mass is 16.3. The molecule has 0 spiro atoms. The fourth-order valence-corrected chi connectivity index (χ4v) is 1.82. The summed E-state index contributed by atoms with van der Waals surface area (Å²) in [6.07, 6.45) is 4.09. The van der Waals surface area contributed by atoms with Gasteiger partial charge in [-0.25, -0.2) is 0 Å². The van der Waals surface area contributed by atoms with Gasteiger partial charge in [0.1, 0.15) is 6.26 Å². The van der Waals surface area contributed by atoms with Gasteiger partial charge in [0.15, 0.2) is 0 Å². The van der Waals surface area contributed by atoms with E-state index >= 15 is 0 Å². The molecule has 1 aliphatic rings. The maximum absolute atomic E-state index is 12.0. The molecule has 1 fully saturated rings. The van der Waals surface area contributed by atoms with Crippen molar-refractivity contribution >= 4 is 5.91 Å². The van der Waals surface area contributed by atoms with Gasteiger partial charge in [0.2, 0.25) is 0 Å². The Balaban J connectivity index is 2.01. The summed E-state index contributed by atoms with van der Waals surface area (Å²) in [6.45, 7) is 3.66. The molecule has 0 aliphatic carbocycles. The third-order valence-corrected chi connectivity index (χ3v) is 2.77. The first kappa shape index (κ1) is 10.2. The molecule has 4 nitrogen and oxygen atoms in total. The van der Waals surface area contributed by atoms with E-state index in [0.717, 1.165) is 32.6 Å². The number of nitrogens with zero attached hydrogens (tertiary/aromatic N) is 2. The molecule has 0 unspecified atom stereocenters. The van der Waals surface area contributed by atoms with E-state index in [0.29, 0.717) is 5.56 Å². The predicted molar refractivity (Wildman–Crippen MR) is 56.7 cm³/mol. The second-order valence-corrected chi connectivity index (χ2v) is 3.96. The maximum Gasteiger partial charge on any atom is 0.257 e. The molecule has 0 aromatic carbocycles. The molecule has 1 aromatic rings. The highest BCUT2D eigenvalue weighted by molar-refractivity contribution is 5.93. The van der Waals surface area contributed by atoms with Crippen LogP contribution < -0.4 is 0 Å². The van der Waals surface area contributed by atoms with Gasteiger partial charge < -0.3 is 14.2 Å². The molecule has 1 amide bonds. The van der Waals surface area contributed by atoms with Crippen LogP contribution in [0.5, 0.6) is 0 Å². The quantitative estimate of drug-likeness (QED) is 0.692. The highest BCUT2D eigenvalue weighted by Crippen LogP contribution is 2.08. The van der Waals surface area contributed by atoms with Crippen LogP contribution >= 0.6 is 0 Å². The van der Waals surface area contributed by atoms with Crippen molar-refractivity contribution in [3.8, 4) is 0 Å². The van der Waals surface area contributed by atoms with E-state index in [4.69, 9.17) is 4.42 Å². The van der Waals surface area contributed by atoms with Crippen LogP contribution in [0.15, 0.2) is 23.0 Å². The Hall–Kier alpha value is -1.29. The van der Waals surface area contributed by atoms with Gasteiger partial charge >= 0.3 is 0 Å². The van der Waals surface area contributed by atoms with Crippen LogP contribution in [0.3, 0.4) is 0 Å². The third-order valence-electron chi connectivity index (χ3n) is 2.77. The van der Waals surface area contributed by atoms with Crippen molar-refractivity contribution in [2.45, 2.75) is 6.42 Å². The zero-order chi connectivity index (χ0) is 10.7. The number of furan rings is 1. The average Bonchev–Trinajstić information content (AvgIpc) is 2.67. The van der Waals surface area contributed by atoms with Gasteiger partial charge in [0, 0.05) is 19.6 Å². The first-order valence-electron chi connectivity index (χ1n) is 5.27. The van der Waals surface area contributed by atoms with Crippen LogP contribution in [0, 0.1) is 0 Å². The van der Waals surface area contributed by atoms with Crippen LogP contribution in [-0.2, 0) is 0 Å². The summed E-state index contributed by atoms with van der Waals surface area (Å²) in [4.78, 5) is 16.1. The number of carbonyl (C=O) groups excluding carboxylic acids is 1. The largest absolute Gasteiger partial charge is 0.472 e. The smallest absolute Gasteiger partial charge is 0.257 e. The topological polar surface area (TPSA) is 36.7 Å².